The molecule has 6 nitrogen and oxygen atoms in total. The number of likely N-dealkylation sites (tertiary alicyclic amines) is 1. The number of hydrogen-bond donors (Lipinski definition) is 1. The first-order chi connectivity index (χ1) is 12.0. The highest BCUT2D eigenvalue weighted by Gasteiger charge is 2.22. The van der Waals surface area contributed by atoms with Crippen molar-refractivity contribution in [3.8, 4) is 11.4 Å². The van der Waals surface area contributed by atoms with Gasteiger partial charge >= 0.3 is 0 Å². The smallest absolute Gasteiger partial charge is 0.222 e. The van der Waals surface area contributed by atoms with E-state index in [1.807, 2.05) is 18.6 Å². The van der Waals surface area contributed by atoms with Gasteiger partial charge in [-0.05, 0) is 59.5 Å². The van der Waals surface area contributed by atoms with Gasteiger partial charge in [-0.1, -0.05) is 0 Å². The third kappa shape index (κ3) is 4.57. The number of imidazole rings is 1. The van der Waals surface area contributed by atoms with Crippen molar-refractivity contribution in [3.05, 3.63) is 24.8 Å². The molecule has 2 aromatic rings. The van der Waals surface area contributed by atoms with Crippen LogP contribution < -0.4 is 5.32 Å². The van der Waals surface area contributed by atoms with Gasteiger partial charge < -0.3 is 14.8 Å². The Hall–Kier alpha value is -1.95. The quantitative estimate of drug-likeness (QED) is 0.873. The van der Waals surface area contributed by atoms with Gasteiger partial charge in [0.25, 0.3) is 0 Å². The number of nitrogens with zero attached hydrogens (tertiary/aromatic N) is 5. The van der Waals surface area contributed by atoms with E-state index < -0.39 is 0 Å². The van der Waals surface area contributed by atoms with Crippen LogP contribution in [0, 0.1) is 5.92 Å². The predicted octanol–water partition coefficient (Wildman–Crippen LogP) is 3.28. The molecule has 136 valence electrons. The van der Waals surface area contributed by atoms with Crippen molar-refractivity contribution in [2.75, 3.05) is 18.4 Å². The molecule has 1 aliphatic rings. The summed E-state index contributed by atoms with van der Waals surface area (Å²) in [5.74, 6) is 2.34. The second kappa shape index (κ2) is 7.95. The molecule has 25 heavy (non-hydrogen) atoms. The minimum Gasteiger partial charge on any atom is -0.352 e. The average Bonchev–Trinajstić information content (AvgIpc) is 3.03. The van der Waals surface area contributed by atoms with E-state index in [2.05, 4.69) is 63.6 Å². The van der Waals surface area contributed by atoms with Crippen LogP contribution in [-0.2, 0) is 6.54 Å². The Morgan fingerprint density at radius 1 is 1.08 bits per heavy atom. The Bertz CT molecular complexity index is 653. The maximum atomic E-state index is 4.54. The third-order valence-corrected chi connectivity index (χ3v) is 4.88. The number of piperidine rings is 1. The number of nitrogens with one attached hydrogen (secondary N) is 1. The van der Waals surface area contributed by atoms with E-state index in [1.165, 1.54) is 25.9 Å². The Balaban J connectivity index is 1.65. The van der Waals surface area contributed by atoms with Crippen LogP contribution in [0.25, 0.3) is 11.4 Å². The van der Waals surface area contributed by atoms with Crippen LogP contribution in [0.4, 0.5) is 5.95 Å². The van der Waals surface area contributed by atoms with Crippen molar-refractivity contribution >= 4 is 5.95 Å². The lowest BCUT2D eigenvalue weighted by molar-refractivity contribution is 0.142. The summed E-state index contributed by atoms with van der Waals surface area (Å²) in [5.41, 5.74) is 0.971. The fraction of sp³-hybridized carbons (Fsp3) is 0.632. The molecule has 2 aromatic heterocycles. The average molecular weight is 342 g/mol. The lowest BCUT2D eigenvalue weighted by Crippen LogP contribution is -2.39. The summed E-state index contributed by atoms with van der Waals surface area (Å²) in [5, 5.41) is 3.22. The number of rotatable bonds is 6. The van der Waals surface area contributed by atoms with Gasteiger partial charge in [0.1, 0.15) is 5.82 Å². The van der Waals surface area contributed by atoms with Crippen LogP contribution in [-0.4, -0.2) is 49.6 Å². The summed E-state index contributed by atoms with van der Waals surface area (Å²) in [4.78, 5) is 15.9. The summed E-state index contributed by atoms with van der Waals surface area (Å²) in [7, 11) is 0. The molecular formula is C19H30N6. The Kier molecular flexibility index (Phi) is 5.68. The van der Waals surface area contributed by atoms with Crippen molar-refractivity contribution < 1.29 is 0 Å². The van der Waals surface area contributed by atoms with Crippen LogP contribution >= 0.6 is 0 Å². The normalized spacial score (nSPS) is 16.7. The minimum atomic E-state index is 0.324. The molecule has 0 saturated carbocycles. The minimum absolute atomic E-state index is 0.324. The van der Waals surface area contributed by atoms with Gasteiger partial charge in [0.15, 0.2) is 0 Å². The van der Waals surface area contributed by atoms with E-state index in [4.69, 9.17) is 0 Å². The molecule has 0 radical (unpaired) electrons. The Morgan fingerprint density at radius 3 is 2.36 bits per heavy atom. The summed E-state index contributed by atoms with van der Waals surface area (Å²) in [6.45, 7) is 12.1. The molecule has 1 aliphatic heterocycles. The van der Waals surface area contributed by atoms with Crippen molar-refractivity contribution in [2.24, 2.45) is 5.92 Å². The van der Waals surface area contributed by atoms with Gasteiger partial charge in [-0.25, -0.2) is 15.0 Å². The summed E-state index contributed by atoms with van der Waals surface area (Å²) in [6, 6.07) is 0.976. The Labute approximate surface area is 150 Å². The molecular weight excluding hydrogens is 312 g/mol. The largest absolute Gasteiger partial charge is 0.352 e. The van der Waals surface area contributed by atoms with E-state index >= 15 is 0 Å². The van der Waals surface area contributed by atoms with E-state index in [1.54, 1.807) is 0 Å². The lowest BCUT2D eigenvalue weighted by atomic mass is 9.96. The molecule has 0 aliphatic carbocycles. The highest BCUT2D eigenvalue weighted by atomic mass is 15.2. The van der Waals surface area contributed by atoms with Crippen molar-refractivity contribution in [2.45, 2.75) is 59.2 Å². The highest BCUT2D eigenvalue weighted by Crippen LogP contribution is 2.24. The maximum absolute atomic E-state index is 4.54. The van der Waals surface area contributed by atoms with E-state index in [0.29, 0.717) is 23.9 Å². The molecule has 3 heterocycles. The molecule has 1 fully saturated rings. The van der Waals surface area contributed by atoms with E-state index in [9.17, 15) is 0 Å². The lowest BCUT2D eigenvalue weighted by Gasteiger charge is -2.34. The second-order valence-electron chi connectivity index (χ2n) is 7.57. The molecule has 0 spiro atoms. The summed E-state index contributed by atoms with van der Waals surface area (Å²) >= 11 is 0. The zero-order chi connectivity index (χ0) is 17.8. The fourth-order valence-corrected chi connectivity index (χ4v) is 3.42. The molecule has 1 N–H and O–H groups in total. The standard InChI is InChI=1S/C19H30N6/c1-14(2)23-19-21-11-17(12-22-19)18-20-7-10-25(18)13-16-5-8-24(9-6-16)15(3)4/h7,10-12,14-16H,5-6,8-9,13H2,1-4H3,(H,21,22,23). The SMILES string of the molecule is CC(C)Nc1ncc(-c2nccn2CC2CCN(C(C)C)CC2)cn1. The molecule has 0 atom stereocenters. The van der Waals surface area contributed by atoms with Gasteiger partial charge in [-0.15, -0.1) is 0 Å². The van der Waals surface area contributed by atoms with Gasteiger partial charge in [0.05, 0.1) is 5.56 Å². The van der Waals surface area contributed by atoms with Crippen molar-refractivity contribution in [3.63, 3.8) is 0 Å². The Morgan fingerprint density at radius 2 is 1.76 bits per heavy atom. The molecule has 0 unspecified atom stereocenters. The molecule has 0 bridgehead atoms. The first-order valence-corrected chi connectivity index (χ1v) is 9.37. The maximum Gasteiger partial charge on any atom is 0.222 e. The third-order valence-electron chi connectivity index (χ3n) is 4.88. The number of aromatic nitrogens is 4. The van der Waals surface area contributed by atoms with Crippen LogP contribution in [0.1, 0.15) is 40.5 Å². The molecule has 0 amide bonds. The zero-order valence-corrected chi connectivity index (χ0v) is 15.8. The predicted molar refractivity (Wildman–Crippen MR) is 101 cm³/mol. The highest BCUT2D eigenvalue weighted by molar-refractivity contribution is 5.53. The molecule has 6 heteroatoms. The number of anilines is 1. The first-order valence-electron chi connectivity index (χ1n) is 9.37. The fourth-order valence-electron chi connectivity index (χ4n) is 3.42. The zero-order valence-electron chi connectivity index (χ0n) is 15.8. The topological polar surface area (TPSA) is 58.9 Å². The van der Waals surface area contributed by atoms with Crippen molar-refractivity contribution in [1.82, 2.24) is 24.4 Å². The summed E-state index contributed by atoms with van der Waals surface area (Å²) in [6.07, 6.45) is 10.2. The van der Waals surface area contributed by atoms with Crippen LogP contribution in [0.2, 0.25) is 0 Å². The monoisotopic (exact) mass is 342 g/mol. The van der Waals surface area contributed by atoms with Crippen LogP contribution in [0.15, 0.2) is 24.8 Å². The van der Waals surface area contributed by atoms with E-state index in [-0.39, 0.29) is 0 Å². The van der Waals surface area contributed by atoms with Gasteiger partial charge in [0, 0.05) is 43.4 Å². The first kappa shape index (κ1) is 17.9. The molecule has 1 saturated heterocycles. The molecule has 3 rings (SSSR count). The number of hydrogen-bond acceptors (Lipinski definition) is 5. The van der Waals surface area contributed by atoms with Gasteiger partial charge in [-0.2, -0.15) is 0 Å². The van der Waals surface area contributed by atoms with Crippen LogP contribution in [0.5, 0.6) is 0 Å². The van der Waals surface area contributed by atoms with Gasteiger partial charge in [-0.3, -0.25) is 0 Å². The van der Waals surface area contributed by atoms with Crippen LogP contribution in [0.3, 0.4) is 0 Å². The van der Waals surface area contributed by atoms with E-state index in [0.717, 1.165) is 17.9 Å². The second-order valence-corrected chi connectivity index (χ2v) is 7.57. The van der Waals surface area contributed by atoms with Gasteiger partial charge in [0.2, 0.25) is 5.95 Å². The molecule has 0 aromatic carbocycles. The summed E-state index contributed by atoms with van der Waals surface area (Å²) < 4.78 is 2.25. The van der Waals surface area contributed by atoms with Crippen molar-refractivity contribution in [1.29, 1.82) is 0 Å².